The highest BCUT2D eigenvalue weighted by Gasteiger charge is 2.20. The number of aliphatic hydroxyl groups excluding tert-OH is 1. The van der Waals surface area contributed by atoms with Gasteiger partial charge in [0.25, 0.3) is 5.91 Å². The van der Waals surface area contributed by atoms with Crippen LogP contribution in [0.4, 0.5) is 0 Å². The number of aldehydes is 1. The van der Waals surface area contributed by atoms with E-state index < -0.39 is 17.3 Å². The van der Waals surface area contributed by atoms with Gasteiger partial charge < -0.3 is 10.4 Å². The van der Waals surface area contributed by atoms with Gasteiger partial charge in [0, 0.05) is 11.1 Å². The first-order valence-electron chi connectivity index (χ1n) is 4.74. The van der Waals surface area contributed by atoms with Gasteiger partial charge in [-0.2, -0.15) is 0 Å². The molecule has 0 heterocycles. The first-order chi connectivity index (χ1) is 8.06. The second kappa shape index (κ2) is 6.12. The summed E-state index contributed by atoms with van der Waals surface area (Å²) in [5, 5.41) is 11.1. The Balaban J connectivity index is 2.81. The van der Waals surface area contributed by atoms with Gasteiger partial charge in [-0.15, -0.1) is 0 Å². The van der Waals surface area contributed by atoms with E-state index in [0.717, 1.165) is 0 Å². The van der Waals surface area contributed by atoms with Crippen LogP contribution in [-0.2, 0) is 9.59 Å². The van der Waals surface area contributed by atoms with E-state index in [0.29, 0.717) is 6.29 Å². The number of carbonyl (C=O) groups is 3. The molecule has 1 aromatic carbocycles. The third kappa shape index (κ3) is 3.65. The Bertz CT molecular complexity index is 447. The molecule has 0 radical (unpaired) electrons. The Morgan fingerprint density at radius 1 is 1.41 bits per heavy atom. The van der Waals surface area contributed by atoms with Crippen molar-refractivity contribution in [2.75, 3.05) is 6.54 Å². The zero-order valence-corrected chi connectivity index (χ0v) is 9.48. The van der Waals surface area contributed by atoms with Crippen LogP contribution in [-0.4, -0.2) is 29.1 Å². The molecular weight excluding hydrogens is 246 g/mol. The van der Waals surface area contributed by atoms with E-state index in [1.807, 2.05) is 0 Å². The Labute approximate surface area is 102 Å². The second-order valence-electron chi connectivity index (χ2n) is 3.22. The smallest absolute Gasteiger partial charge is 0.253 e. The lowest BCUT2D eigenvalue weighted by molar-refractivity contribution is -0.130. The molecule has 1 rings (SSSR count). The number of hydrogen-bond donors (Lipinski definition) is 2. The van der Waals surface area contributed by atoms with Gasteiger partial charge in [0.1, 0.15) is 6.29 Å². The van der Waals surface area contributed by atoms with Gasteiger partial charge in [0.05, 0.1) is 6.54 Å². The Morgan fingerprint density at radius 3 is 2.65 bits per heavy atom. The van der Waals surface area contributed by atoms with E-state index in [4.69, 9.17) is 11.6 Å². The molecule has 1 atom stereocenters. The maximum absolute atomic E-state index is 11.4. The molecule has 0 aromatic heterocycles. The number of halogens is 1. The number of carbonyl (C=O) groups excluding carboxylic acids is 3. The third-order valence-electron chi connectivity index (χ3n) is 2.07. The zero-order chi connectivity index (χ0) is 12.8. The van der Waals surface area contributed by atoms with E-state index >= 15 is 0 Å². The van der Waals surface area contributed by atoms with E-state index in [-0.39, 0.29) is 17.7 Å². The van der Waals surface area contributed by atoms with Crippen LogP contribution >= 0.6 is 11.6 Å². The van der Waals surface area contributed by atoms with Crippen molar-refractivity contribution in [2.24, 2.45) is 0 Å². The molecule has 6 heteroatoms. The molecule has 0 spiro atoms. The topological polar surface area (TPSA) is 83.5 Å². The predicted molar refractivity (Wildman–Crippen MR) is 60.7 cm³/mol. The predicted octanol–water partition coefficient (Wildman–Crippen LogP) is 0.414. The number of amides is 1. The number of aliphatic hydroxyl groups is 1. The summed E-state index contributed by atoms with van der Waals surface area (Å²) >= 11 is 5.04. The minimum atomic E-state index is -1.51. The summed E-state index contributed by atoms with van der Waals surface area (Å²) in [7, 11) is 0. The largest absolute Gasteiger partial charge is 0.378 e. The summed E-state index contributed by atoms with van der Waals surface area (Å²) in [6.07, 6.45) is -0.967. The summed E-state index contributed by atoms with van der Waals surface area (Å²) in [5.74, 6) is -0.784. The zero-order valence-electron chi connectivity index (χ0n) is 8.72. The van der Waals surface area contributed by atoms with Crippen LogP contribution in [0.5, 0.6) is 0 Å². The molecule has 0 bridgehead atoms. The fourth-order valence-electron chi connectivity index (χ4n) is 1.26. The molecule has 0 aliphatic rings. The molecule has 0 saturated carbocycles. The monoisotopic (exact) mass is 255 g/mol. The van der Waals surface area contributed by atoms with E-state index in [1.165, 1.54) is 12.1 Å². The van der Waals surface area contributed by atoms with E-state index in [2.05, 4.69) is 5.32 Å². The average molecular weight is 256 g/mol. The Hall–Kier alpha value is -1.72. The molecule has 0 fully saturated rings. The van der Waals surface area contributed by atoms with Gasteiger partial charge >= 0.3 is 0 Å². The molecule has 1 amide bonds. The fraction of sp³-hybridized carbons (Fsp3) is 0.182. The van der Waals surface area contributed by atoms with Gasteiger partial charge in [-0.05, 0) is 11.6 Å². The molecule has 0 saturated heterocycles. The van der Waals surface area contributed by atoms with Crippen molar-refractivity contribution in [3.63, 3.8) is 0 Å². The van der Waals surface area contributed by atoms with Gasteiger partial charge in [0.15, 0.2) is 6.10 Å². The summed E-state index contributed by atoms with van der Waals surface area (Å²) in [5.41, 5.74) is 0.398. The van der Waals surface area contributed by atoms with Crippen LogP contribution < -0.4 is 5.32 Å². The van der Waals surface area contributed by atoms with Crippen LogP contribution in [0.15, 0.2) is 24.3 Å². The van der Waals surface area contributed by atoms with Crippen LogP contribution in [0.1, 0.15) is 22.0 Å². The molecular formula is C11H10ClNO4. The first-order valence-corrected chi connectivity index (χ1v) is 5.12. The summed E-state index contributed by atoms with van der Waals surface area (Å²) < 4.78 is 0. The standard InChI is InChI=1S/C11H10ClNO4/c12-9(15)5-13-11(17)10(16)8-4-2-1-3-7(8)6-14/h1-4,6,10,16H,5H2,(H,13,17). The van der Waals surface area contributed by atoms with Crippen LogP contribution in [0.25, 0.3) is 0 Å². The lowest BCUT2D eigenvalue weighted by Gasteiger charge is -2.12. The minimum Gasteiger partial charge on any atom is -0.378 e. The van der Waals surface area contributed by atoms with Crippen molar-refractivity contribution in [2.45, 2.75) is 6.10 Å². The SMILES string of the molecule is O=Cc1ccccc1C(O)C(=O)NCC(=O)Cl. The summed E-state index contributed by atoms with van der Waals surface area (Å²) in [6, 6.07) is 6.13. The molecule has 2 N–H and O–H groups in total. The summed E-state index contributed by atoms with van der Waals surface area (Å²) in [6.45, 7) is -0.374. The van der Waals surface area contributed by atoms with Crippen LogP contribution in [0.2, 0.25) is 0 Å². The third-order valence-corrected chi connectivity index (χ3v) is 2.20. The lowest BCUT2D eigenvalue weighted by Crippen LogP contribution is -2.32. The fourth-order valence-corrected chi connectivity index (χ4v) is 1.33. The van der Waals surface area contributed by atoms with Crippen molar-refractivity contribution in [1.29, 1.82) is 0 Å². The molecule has 5 nitrogen and oxygen atoms in total. The number of rotatable bonds is 5. The van der Waals surface area contributed by atoms with Gasteiger partial charge in [0.2, 0.25) is 5.24 Å². The van der Waals surface area contributed by atoms with Crippen molar-refractivity contribution in [3.8, 4) is 0 Å². The number of benzene rings is 1. The normalized spacial score (nSPS) is 11.6. The number of hydrogen-bond acceptors (Lipinski definition) is 4. The van der Waals surface area contributed by atoms with Crippen molar-refractivity contribution in [3.05, 3.63) is 35.4 Å². The molecule has 17 heavy (non-hydrogen) atoms. The maximum Gasteiger partial charge on any atom is 0.253 e. The average Bonchev–Trinajstić information content (AvgIpc) is 2.34. The Kier molecular flexibility index (Phi) is 4.81. The highest BCUT2D eigenvalue weighted by Crippen LogP contribution is 2.16. The molecule has 1 unspecified atom stereocenters. The molecule has 0 aliphatic carbocycles. The van der Waals surface area contributed by atoms with Crippen molar-refractivity contribution < 1.29 is 19.5 Å². The quantitative estimate of drug-likeness (QED) is 0.590. The molecule has 90 valence electrons. The van der Waals surface area contributed by atoms with Crippen LogP contribution in [0.3, 0.4) is 0 Å². The lowest BCUT2D eigenvalue weighted by atomic mass is 10.0. The highest BCUT2D eigenvalue weighted by molar-refractivity contribution is 6.64. The van der Waals surface area contributed by atoms with E-state index in [1.54, 1.807) is 12.1 Å². The van der Waals surface area contributed by atoms with Gasteiger partial charge in [-0.25, -0.2) is 0 Å². The van der Waals surface area contributed by atoms with Crippen molar-refractivity contribution >= 4 is 29.0 Å². The molecule has 0 aliphatic heterocycles. The maximum atomic E-state index is 11.4. The first kappa shape index (κ1) is 13.3. The second-order valence-corrected chi connectivity index (χ2v) is 3.64. The minimum absolute atomic E-state index is 0.182. The van der Waals surface area contributed by atoms with Gasteiger partial charge in [-0.1, -0.05) is 24.3 Å². The van der Waals surface area contributed by atoms with E-state index in [9.17, 15) is 19.5 Å². The Morgan fingerprint density at radius 2 is 2.06 bits per heavy atom. The van der Waals surface area contributed by atoms with Gasteiger partial charge in [-0.3, -0.25) is 14.4 Å². The van der Waals surface area contributed by atoms with Crippen LogP contribution in [0, 0.1) is 0 Å². The number of nitrogens with one attached hydrogen (secondary N) is 1. The summed E-state index contributed by atoms with van der Waals surface area (Å²) in [4.78, 5) is 32.6. The van der Waals surface area contributed by atoms with Crippen molar-refractivity contribution in [1.82, 2.24) is 5.32 Å². The highest BCUT2D eigenvalue weighted by atomic mass is 35.5. The molecule has 1 aromatic rings.